The first-order chi connectivity index (χ1) is 7.36. The second-order valence-corrected chi connectivity index (χ2v) is 3.78. The van der Waals surface area contributed by atoms with Crippen LogP contribution < -0.4 is 10.6 Å². The molecule has 0 aromatic carbocycles. The van der Waals surface area contributed by atoms with E-state index in [1.165, 1.54) is 0 Å². The third-order valence-corrected chi connectivity index (χ3v) is 2.40. The largest absolute Gasteiger partial charge is 0.355 e. The highest BCUT2D eigenvalue weighted by Gasteiger charge is 2.28. The smallest absolute Gasteiger partial charge is 0.223 e. The van der Waals surface area contributed by atoms with Gasteiger partial charge in [0.05, 0.1) is 6.54 Å². The van der Waals surface area contributed by atoms with Crippen LogP contribution in [0.5, 0.6) is 0 Å². The van der Waals surface area contributed by atoms with E-state index in [-0.39, 0.29) is 5.91 Å². The maximum Gasteiger partial charge on any atom is 0.223 e. The number of carbonyl (C=O) groups excluding carboxylic acids is 1. The molecule has 1 aliphatic carbocycles. The van der Waals surface area contributed by atoms with E-state index >= 15 is 0 Å². The molecule has 1 saturated carbocycles. The Morgan fingerprint density at radius 1 is 1.53 bits per heavy atom. The number of aromatic amines is 1. The first kappa shape index (κ1) is 10.2. The summed E-state index contributed by atoms with van der Waals surface area (Å²) in [7, 11) is 0. The summed E-state index contributed by atoms with van der Waals surface area (Å²) in [5, 5.41) is 6.09. The zero-order valence-electron chi connectivity index (χ0n) is 8.62. The number of hydrogen-bond donors (Lipinski definition) is 3. The summed E-state index contributed by atoms with van der Waals surface area (Å²) in [6, 6.07) is 0. The standard InChI is InChI=1S/C10H16N4O/c15-10(8-1-2-8)14-4-3-11-7-9-12-5-6-13-9/h5-6,8,11H,1-4,7H2,(H,12,13)(H,14,15). The van der Waals surface area contributed by atoms with Crippen LogP contribution in [0.1, 0.15) is 18.7 Å². The molecule has 0 unspecified atom stereocenters. The van der Waals surface area contributed by atoms with Crippen LogP contribution in [0.3, 0.4) is 0 Å². The molecule has 82 valence electrons. The van der Waals surface area contributed by atoms with Crippen molar-refractivity contribution >= 4 is 5.91 Å². The van der Waals surface area contributed by atoms with Gasteiger partial charge in [0.15, 0.2) is 0 Å². The highest BCUT2D eigenvalue weighted by molar-refractivity contribution is 5.80. The number of amides is 1. The Morgan fingerprint density at radius 2 is 2.40 bits per heavy atom. The Balaban J connectivity index is 1.50. The molecule has 0 aliphatic heterocycles. The van der Waals surface area contributed by atoms with Gasteiger partial charge in [-0.2, -0.15) is 0 Å². The van der Waals surface area contributed by atoms with Crippen LogP contribution in [0, 0.1) is 5.92 Å². The van der Waals surface area contributed by atoms with E-state index in [2.05, 4.69) is 20.6 Å². The minimum atomic E-state index is 0.204. The van der Waals surface area contributed by atoms with Gasteiger partial charge in [-0.3, -0.25) is 4.79 Å². The molecule has 0 atom stereocenters. The van der Waals surface area contributed by atoms with Gasteiger partial charge in [-0.1, -0.05) is 0 Å². The van der Waals surface area contributed by atoms with Gasteiger partial charge in [0.25, 0.3) is 0 Å². The SMILES string of the molecule is O=C(NCCNCc1ncc[nH]1)C1CC1. The number of carbonyl (C=O) groups is 1. The van der Waals surface area contributed by atoms with Crippen molar-refractivity contribution in [3.63, 3.8) is 0 Å². The number of aromatic nitrogens is 2. The summed E-state index contributed by atoms with van der Waals surface area (Å²) in [6.07, 6.45) is 5.65. The Kier molecular flexibility index (Phi) is 3.34. The van der Waals surface area contributed by atoms with Crippen molar-refractivity contribution in [2.45, 2.75) is 19.4 Å². The molecule has 0 saturated heterocycles. The van der Waals surface area contributed by atoms with Crippen LogP contribution in [0.15, 0.2) is 12.4 Å². The normalized spacial score (nSPS) is 15.2. The van der Waals surface area contributed by atoms with Crippen molar-refractivity contribution in [3.05, 3.63) is 18.2 Å². The molecule has 1 aliphatic rings. The molecule has 0 bridgehead atoms. The van der Waals surface area contributed by atoms with Gasteiger partial charge in [0.2, 0.25) is 5.91 Å². The predicted molar refractivity (Wildman–Crippen MR) is 56.0 cm³/mol. The summed E-state index contributed by atoms with van der Waals surface area (Å²) in [6.45, 7) is 2.18. The highest BCUT2D eigenvalue weighted by Crippen LogP contribution is 2.28. The first-order valence-corrected chi connectivity index (χ1v) is 5.33. The molecule has 1 heterocycles. The summed E-state index contributed by atoms with van der Waals surface area (Å²) >= 11 is 0. The van der Waals surface area contributed by atoms with Crippen molar-refractivity contribution in [2.24, 2.45) is 5.92 Å². The Morgan fingerprint density at radius 3 is 3.07 bits per heavy atom. The molecule has 3 N–H and O–H groups in total. The second-order valence-electron chi connectivity index (χ2n) is 3.78. The number of imidazole rings is 1. The van der Waals surface area contributed by atoms with Crippen LogP contribution in [0.2, 0.25) is 0 Å². The average Bonchev–Trinajstić information content (AvgIpc) is 2.97. The van der Waals surface area contributed by atoms with Crippen LogP contribution in [-0.4, -0.2) is 29.0 Å². The Hall–Kier alpha value is -1.36. The van der Waals surface area contributed by atoms with Gasteiger partial charge < -0.3 is 15.6 Å². The van der Waals surface area contributed by atoms with E-state index in [0.29, 0.717) is 19.0 Å². The lowest BCUT2D eigenvalue weighted by molar-refractivity contribution is -0.122. The van der Waals surface area contributed by atoms with E-state index in [1.54, 1.807) is 12.4 Å². The van der Waals surface area contributed by atoms with Gasteiger partial charge >= 0.3 is 0 Å². The van der Waals surface area contributed by atoms with Crippen molar-refractivity contribution in [1.29, 1.82) is 0 Å². The van der Waals surface area contributed by atoms with E-state index in [4.69, 9.17) is 0 Å². The summed E-state index contributed by atoms with van der Waals surface area (Å²) < 4.78 is 0. The number of nitrogens with zero attached hydrogens (tertiary/aromatic N) is 1. The van der Waals surface area contributed by atoms with Gasteiger partial charge in [0.1, 0.15) is 5.82 Å². The van der Waals surface area contributed by atoms with E-state index in [9.17, 15) is 4.79 Å². The zero-order chi connectivity index (χ0) is 10.5. The first-order valence-electron chi connectivity index (χ1n) is 5.33. The van der Waals surface area contributed by atoms with Crippen LogP contribution in [0.25, 0.3) is 0 Å². The lowest BCUT2D eigenvalue weighted by atomic mass is 10.4. The molecule has 15 heavy (non-hydrogen) atoms. The third-order valence-electron chi connectivity index (χ3n) is 2.40. The quantitative estimate of drug-likeness (QED) is 0.577. The van der Waals surface area contributed by atoms with Gasteiger partial charge in [0, 0.05) is 31.4 Å². The lowest BCUT2D eigenvalue weighted by Crippen LogP contribution is -2.32. The number of H-pyrrole nitrogens is 1. The van der Waals surface area contributed by atoms with E-state index in [1.807, 2.05) is 0 Å². The molecule has 1 fully saturated rings. The fourth-order valence-electron chi connectivity index (χ4n) is 1.37. The van der Waals surface area contributed by atoms with Gasteiger partial charge in [-0.05, 0) is 12.8 Å². The molecule has 0 spiro atoms. The number of hydrogen-bond acceptors (Lipinski definition) is 3. The van der Waals surface area contributed by atoms with E-state index < -0.39 is 0 Å². The van der Waals surface area contributed by atoms with Crippen molar-refractivity contribution in [1.82, 2.24) is 20.6 Å². The Bertz CT molecular complexity index is 305. The van der Waals surface area contributed by atoms with E-state index in [0.717, 1.165) is 25.2 Å². The fourth-order valence-corrected chi connectivity index (χ4v) is 1.37. The summed E-state index contributed by atoms with van der Waals surface area (Å²) in [5.74, 6) is 1.42. The summed E-state index contributed by atoms with van der Waals surface area (Å²) in [4.78, 5) is 18.3. The van der Waals surface area contributed by atoms with Crippen molar-refractivity contribution < 1.29 is 4.79 Å². The van der Waals surface area contributed by atoms with Gasteiger partial charge in [-0.25, -0.2) is 4.98 Å². The zero-order valence-corrected chi connectivity index (χ0v) is 8.62. The highest BCUT2D eigenvalue weighted by atomic mass is 16.2. The molecule has 2 rings (SSSR count). The van der Waals surface area contributed by atoms with Crippen molar-refractivity contribution in [2.75, 3.05) is 13.1 Å². The Labute approximate surface area is 88.7 Å². The molecular formula is C10H16N4O. The topological polar surface area (TPSA) is 69.8 Å². The molecule has 1 amide bonds. The molecule has 1 aromatic rings. The van der Waals surface area contributed by atoms with Crippen LogP contribution in [0.4, 0.5) is 0 Å². The molecule has 5 heteroatoms. The average molecular weight is 208 g/mol. The minimum absolute atomic E-state index is 0.204. The fraction of sp³-hybridized carbons (Fsp3) is 0.600. The minimum Gasteiger partial charge on any atom is -0.355 e. The van der Waals surface area contributed by atoms with Crippen LogP contribution in [-0.2, 0) is 11.3 Å². The van der Waals surface area contributed by atoms with Gasteiger partial charge in [-0.15, -0.1) is 0 Å². The monoisotopic (exact) mass is 208 g/mol. The molecule has 0 radical (unpaired) electrons. The molecule has 5 nitrogen and oxygen atoms in total. The third kappa shape index (κ3) is 3.36. The lowest BCUT2D eigenvalue weighted by Gasteiger charge is -2.04. The maximum atomic E-state index is 11.2. The number of rotatable bonds is 6. The maximum absolute atomic E-state index is 11.2. The molecular weight excluding hydrogens is 192 g/mol. The van der Waals surface area contributed by atoms with Crippen molar-refractivity contribution in [3.8, 4) is 0 Å². The molecule has 1 aromatic heterocycles. The number of nitrogens with one attached hydrogen (secondary N) is 3. The predicted octanol–water partition coefficient (Wildman–Crippen LogP) is 0.0255. The summed E-state index contributed by atoms with van der Waals surface area (Å²) in [5.41, 5.74) is 0. The second kappa shape index (κ2) is 4.93. The van der Waals surface area contributed by atoms with Crippen LogP contribution >= 0.6 is 0 Å².